The zero-order valence-electron chi connectivity index (χ0n) is 28.7. The van der Waals surface area contributed by atoms with Crippen molar-refractivity contribution in [3.63, 3.8) is 0 Å². The van der Waals surface area contributed by atoms with Crippen molar-refractivity contribution in [2.75, 3.05) is 0 Å². The molecule has 0 saturated carbocycles. The van der Waals surface area contributed by atoms with Crippen LogP contribution in [0.25, 0.3) is 78.2 Å². The van der Waals surface area contributed by atoms with Crippen molar-refractivity contribution in [3.8, 4) is 61.9 Å². The predicted octanol–water partition coefficient (Wildman–Crippen LogP) is 11.4. The van der Waals surface area contributed by atoms with Crippen molar-refractivity contribution in [2.45, 2.75) is 12.5 Å². The van der Waals surface area contributed by atoms with E-state index in [-0.39, 0.29) is 6.10 Å². The van der Waals surface area contributed by atoms with Crippen molar-refractivity contribution in [1.82, 2.24) is 19.9 Å². The molecule has 0 spiro atoms. The molecule has 53 heavy (non-hydrogen) atoms. The molecule has 3 heterocycles. The van der Waals surface area contributed by atoms with Gasteiger partial charge in [-0.3, -0.25) is 4.98 Å². The molecule has 1 aliphatic heterocycles. The van der Waals surface area contributed by atoms with Crippen molar-refractivity contribution in [2.24, 2.45) is 0 Å². The number of pyridine rings is 1. The van der Waals surface area contributed by atoms with Gasteiger partial charge in [0, 0.05) is 51.4 Å². The molecular formula is C48H32N4O. The molecule has 0 fully saturated rings. The molecule has 1 aliphatic carbocycles. The molecule has 0 radical (unpaired) electrons. The fourth-order valence-corrected chi connectivity index (χ4v) is 7.53. The smallest absolute Gasteiger partial charge is 0.164 e. The zero-order chi connectivity index (χ0) is 35.1. The highest BCUT2D eigenvalue weighted by Gasteiger charge is 2.35. The molecular weight excluding hydrogens is 649 g/mol. The van der Waals surface area contributed by atoms with E-state index in [2.05, 4.69) is 132 Å². The molecule has 0 N–H and O–H groups in total. The van der Waals surface area contributed by atoms with Gasteiger partial charge in [-0.25, -0.2) is 15.0 Å². The standard InChI is InChI=1S/C48H32N4O/c1-3-11-31(12-4-1)32-22-28-36(29-23-32)47-50-46(35-13-5-2-6-14-35)51-48(52-47)41-18-9-21-43-44(41)40-17-7-16-38(45(40)53-43)34-26-24-33(25-27-34)37-15-8-20-42-39(37)19-10-30-49-42/h1-20,22-30,43H,21H2. The third-order valence-corrected chi connectivity index (χ3v) is 10.1. The van der Waals surface area contributed by atoms with E-state index >= 15 is 0 Å². The Morgan fingerprint density at radius 1 is 0.453 bits per heavy atom. The van der Waals surface area contributed by atoms with E-state index in [9.17, 15) is 0 Å². The Labute approximate surface area is 307 Å². The number of fused-ring (bicyclic) bond motifs is 4. The first-order valence-corrected chi connectivity index (χ1v) is 17.9. The highest BCUT2D eigenvalue weighted by molar-refractivity contribution is 6.02. The van der Waals surface area contributed by atoms with Crippen LogP contribution in [0.2, 0.25) is 0 Å². The van der Waals surface area contributed by atoms with Gasteiger partial charge in [0.1, 0.15) is 11.9 Å². The Balaban J connectivity index is 1.06. The zero-order valence-corrected chi connectivity index (χ0v) is 28.7. The molecule has 2 aliphatic rings. The van der Waals surface area contributed by atoms with E-state index in [0.717, 1.165) is 73.2 Å². The first-order chi connectivity index (χ1) is 26.3. The van der Waals surface area contributed by atoms with Crippen LogP contribution in [0.3, 0.4) is 0 Å². The van der Waals surface area contributed by atoms with Crippen LogP contribution in [0.5, 0.6) is 5.75 Å². The van der Waals surface area contributed by atoms with Crippen molar-refractivity contribution in [1.29, 1.82) is 0 Å². The summed E-state index contributed by atoms with van der Waals surface area (Å²) in [7, 11) is 0. The number of hydrogen-bond donors (Lipinski definition) is 0. The molecule has 2 aromatic heterocycles. The maximum Gasteiger partial charge on any atom is 0.164 e. The third-order valence-electron chi connectivity index (χ3n) is 10.1. The monoisotopic (exact) mass is 680 g/mol. The van der Waals surface area contributed by atoms with Gasteiger partial charge in [-0.1, -0.05) is 158 Å². The quantitative estimate of drug-likeness (QED) is 0.175. The lowest BCUT2D eigenvalue weighted by Crippen LogP contribution is -2.15. The van der Waals surface area contributed by atoms with Gasteiger partial charge in [0.2, 0.25) is 0 Å². The Morgan fingerprint density at radius 3 is 1.77 bits per heavy atom. The second kappa shape index (κ2) is 13.0. The van der Waals surface area contributed by atoms with Gasteiger partial charge in [0.15, 0.2) is 17.5 Å². The maximum atomic E-state index is 6.82. The summed E-state index contributed by atoms with van der Waals surface area (Å²) in [5.74, 6) is 2.79. The number of hydrogen-bond acceptors (Lipinski definition) is 5. The number of allylic oxidation sites excluding steroid dienone is 2. The van der Waals surface area contributed by atoms with E-state index in [1.54, 1.807) is 0 Å². The van der Waals surface area contributed by atoms with Crippen LogP contribution in [-0.2, 0) is 0 Å². The molecule has 5 heteroatoms. The highest BCUT2D eigenvalue weighted by atomic mass is 16.5. The second-order valence-electron chi connectivity index (χ2n) is 13.3. The molecule has 250 valence electrons. The van der Waals surface area contributed by atoms with Gasteiger partial charge in [-0.15, -0.1) is 0 Å². The third kappa shape index (κ3) is 5.60. The lowest BCUT2D eigenvalue weighted by molar-refractivity contribution is 0.280. The number of rotatable bonds is 6. The fraction of sp³-hybridized carbons (Fsp3) is 0.0417. The minimum atomic E-state index is -0.140. The second-order valence-corrected chi connectivity index (χ2v) is 13.3. The van der Waals surface area contributed by atoms with Gasteiger partial charge in [0.05, 0.1) is 5.52 Å². The molecule has 5 nitrogen and oxygen atoms in total. The first kappa shape index (κ1) is 30.8. The number of aromatic nitrogens is 4. The normalized spacial score (nSPS) is 14.5. The minimum Gasteiger partial charge on any atom is -0.484 e. The Hall–Kier alpha value is -6.98. The lowest BCUT2D eigenvalue weighted by atomic mass is 9.89. The van der Waals surface area contributed by atoms with E-state index in [0.29, 0.717) is 17.5 Å². The summed E-state index contributed by atoms with van der Waals surface area (Å²) in [5.41, 5.74) is 12.8. The molecule has 1 unspecified atom stereocenters. The van der Waals surface area contributed by atoms with Crippen LogP contribution in [0.1, 0.15) is 17.8 Å². The van der Waals surface area contributed by atoms with Crippen molar-refractivity contribution in [3.05, 3.63) is 187 Å². The predicted molar refractivity (Wildman–Crippen MR) is 214 cm³/mol. The largest absolute Gasteiger partial charge is 0.484 e. The van der Waals surface area contributed by atoms with E-state index < -0.39 is 0 Å². The Morgan fingerprint density at radius 2 is 1.02 bits per heavy atom. The minimum absolute atomic E-state index is 0.140. The van der Waals surface area contributed by atoms with Crippen LogP contribution < -0.4 is 4.74 Å². The van der Waals surface area contributed by atoms with Gasteiger partial charge in [-0.2, -0.15) is 0 Å². The van der Waals surface area contributed by atoms with Crippen molar-refractivity contribution >= 4 is 22.0 Å². The number of para-hydroxylation sites is 1. The van der Waals surface area contributed by atoms with Gasteiger partial charge < -0.3 is 4.74 Å². The van der Waals surface area contributed by atoms with Crippen LogP contribution in [0.4, 0.5) is 0 Å². The van der Waals surface area contributed by atoms with E-state index in [1.165, 1.54) is 11.1 Å². The maximum absolute atomic E-state index is 6.82. The average Bonchev–Trinajstić information content (AvgIpc) is 3.63. The SMILES string of the molecule is C1=CC(c2nc(-c3ccccc3)nc(-c3ccc(-c4ccccc4)cc3)n2)=C2c3cccc(-c4ccc(-c5cccc6ncccc56)cc4)c3OC2C1. The van der Waals surface area contributed by atoms with Gasteiger partial charge >= 0.3 is 0 Å². The summed E-state index contributed by atoms with van der Waals surface area (Å²) in [6.45, 7) is 0. The Bertz CT molecular complexity index is 2700. The van der Waals surface area contributed by atoms with Crippen LogP contribution in [-0.4, -0.2) is 26.0 Å². The van der Waals surface area contributed by atoms with E-state index in [1.807, 2.05) is 48.7 Å². The van der Waals surface area contributed by atoms with Crippen LogP contribution >= 0.6 is 0 Å². The summed E-state index contributed by atoms with van der Waals surface area (Å²) >= 11 is 0. The van der Waals surface area contributed by atoms with Crippen molar-refractivity contribution < 1.29 is 4.74 Å². The lowest BCUT2D eigenvalue weighted by Gasteiger charge is -2.18. The molecule has 0 bridgehead atoms. The molecule has 0 saturated heterocycles. The molecule has 8 aromatic rings. The summed E-state index contributed by atoms with van der Waals surface area (Å²) in [5, 5.41) is 1.14. The summed E-state index contributed by atoms with van der Waals surface area (Å²) < 4.78 is 6.82. The summed E-state index contributed by atoms with van der Waals surface area (Å²) in [6.07, 6.45) is 6.79. The Kier molecular flexibility index (Phi) is 7.54. The average molecular weight is 681 g/mol. The fourth-order valence-electron chi connectivity index (χ4n) is 7.53. The van der Waals surface area contributed by atoms with E-state index in [4.69, 9.17) is 19.7 Å². The number of benzene rings is 6. The number of ether oxygens (including phenoxy) is 1. The van der Waals surface area contributed by atoms with Crippen LogP contribution in [0, 0.1) is 0 Å². The van der Waals surface area contributed by atoms with Crippen LogP contribution in [0.15, 0.2) is 176 Å². The molecule has 6 aromatic carbocycles. The topological polar surface area (TPSA) is 60.8 Å². The van der Waals surface area contributed by atoms with Gasteiger partial charge in [0.25, 0.3) is 0 Å². The summed E-state index contributed by atoms with van der Waals surface area (Å²) in [6, 6.07) is 54.5. The number of nitrogens with zero attached hydrogens (tertiary/aromatic N) is 4. The molecule has 0 amide bonds. The first-order valence-electron chi connectivity index (χ1n) is 17.9. The summed E-state index contributed by atoms with van der Waals surface area (Å²) in [4.78, 5) is 19.8. The molecule has 1 atom stereocenters. The van der Waals surface area contributed by atoms with Gasteiger partial charge in [-0.05, 0) is 39.9 Å². The molecule has 10 rings (SSSR count). The highest BCUT2D eigenvalue weighted by Crippen LogP contribution is 2.49.